The van der Waals surface area contributed by atoms with Gasteiger partial charge in [0.25, 0.3) is 5.56 Å². The number of rotatable bonds is 10. The second-order valence-electron chi connectivity index (χ2n) is 9.09. The van der Waals surface area contributed by atoms with Crippen molar-refractivity contribution in [2.24, 2.45) is 0 Å². The lowest BCUT2D eigenvalue weighted by atomic mass is 9.79. The van der Waals surface area contributed by atoms with Crippen LogP contribution in [0.15, 0.2) is 76.0 Å². The van der Waals surface area contributed by atoms with Crippen molar-refractivity contribution in [3.8, 4) is 0 Å². The van der Waals surface area contributed by atoms with E-state index >= 15 is 0 Å². The smallest absolute Gasteiger partial charge is 0.336 e. The highest BCUT2D eigenvalue weighted by Crippen LogP contribution is 2.45. The first kappa shape index (κ1) is 30.8. The molecule has 0 saturated carbocycles. The Morgan fingerprint density at radius 1 is 1.10 bits per heavy atom. The molecule has 0 aliphatic carbocycles. The van der Waals surface area contributed by atoms with Gasteiger partial charge in [0, 0.05) is 25.1 Å². The summed E-state index contributed by atoms with van der Waals surface area (Å²) in [7, 11) is 2.64. The van der Waals surface area contributed by atoms with Gasteiger partial charge in [0.05, 0.1) is 64.5 Å². The number of benzene rings is 1. The van der Waals surface area contributed by atoms with Crippen molar-refractivity contribution in [2.45, 2.75) is 32.4 Å². The summed E-state index contributed by atoms with van der Waals surface area (Å²) >= 11 is 13.0. The van der Waals surface area contributed by atoms with Crippen LogP contribution in [0.4, 0.5) is 5.95 Å². The van der Waals surface area contributed by atoms with Crippen LogP contribution < -0.4 is 16.2 Å². The minimum atomic E-state index is -1.07. The second-order valence-corrected chi connectivity index (χ2v) is 9.87. The zero-order chi connectivity index (χ0) is 30.4. The Labute approximate surface area is 251 Å². The number of carbonyl (C=O) groups excluding carboxylic acids is 2. The Kier molecular flexibility index (Phi) is 10.00. The Morgan fingerprint density at radius 3 is 2.55 bits per heavy atom. The monoisotopic (exact) mass is 613 g/mol. The van der Waals surface area contributed by atoms with Gasteiger partial charge in [-0.25, -0.2) is 14.6 Å². The molecule has 1 aromatic carbocycles. The molecule has 42 heavy (non-hydrogen) atoms. The number of aromatic amines is 1. The van der Waals surface area contributed by atoms with Crippen molar-refractivity contribution in [1.29, 1.82) is 0 Å². The molecule has 2 atom stereocenters. The van der Waals surface area contributed by atoms with Gasteiger partial charge in [-0.3, -0.25) is 14.8 Å². The largest absolute Gasteiger partial charge is 0.466 e. The number of aromatic nitrogens is 3. The molecule has 3 N–H and O–H groups in total. The van der Waals surface area contributed by atoms with E-state index in [-0.39, 0.29) is 45.1 Å². The number of carbonyl (C=O) groups is 2. The molecule has 11 nitrogen and oxygen atoms in total. The van der Waals surface area contributed by atoms with Gasteiger partial charge in [0.1, 0.15) is 6.10 Å². The number of halogens is 2. The number of ether oxygens (including phenoxy) is 3. The van der Waals surface area contributed by atoms with Gasteiger partial charge in [-0.1, -0.05) is 41.4 Å². The summed E-state index contributed by atoms with van der Waals surface area (Å²) in [5, 5.41) is 6.54. The first-order valence-electron chi connectivity index (χ1n) is 12.9. The molecule has 220 valence electrons. The molecule has 0 fully saturated rings. The summed E-state index contributed by atoms with van der Waals surface area (Å²) in [6.45, 7) is 3.64. The molecule has 0 radical (unpaired) electrons. The van der Waals surface area contributed by atoms with Crippen molar-refractivity contribution in [1.82, 2.24) is 20.3 Å². The number of dihydropyridines is 1. The fourth-order valence-electron chi connectivity index (χ4n) is 4.69. The predicted octanol–water partition coefficient (Wildman–Crippen LogP) is 4.42. The van der Waals surface area contributed by atoms with Crippen LogP contribution in [-0.4, -0.2) is 47.7 Å². The van der Waals surface area contributed by atoms with Crippen LogP contribution in [0.1, 0.15) is 42.8 Å². The van der Waals surface area contributed by atoms with Crippen LogP contribution >= 0.6 is 23.2 Å². The standard InChI is InChI=1S/C29H29Cl2N5O6/c1-5-42-28(39)23-22(17-10-8-11-18(30)24(17)31)21(27(38)41-4)15(2)34-25(23)26(40-3)19-13-20(37)36-29(35-19)33-14-16-9-6-7-12-32-16/h6-13,22,26,34H,5,14H2,1-4H3,(H2,33,35,36,37). The number of pyridine rings is 1. The van der Waals surface area contributed by atoms with E-state index in [9.17, 15) is 14.4 Å². The number of H-pyrrole nitrogens is 1. The van der Waals surface area contributed by atoms with Crippen LogP contribution in [-0.2, 0) is 30.3 Å². The lowest BCUT2D eigenvalue weighted by molar-refractivity contribution is -0.139. The molecule has 0 spiro atoms. The van der Waals surface area contributed by atoms with Gasteiger partial charge in [-0.15, -0.1) is 0 Å². The molecule has 1 aliphatic heterocycles. The normalized spacial score (nSPS) is 15.6. The molecule has 0 saturated heterocycles. The summed E-state index contributed by atoms with van der Waals surface area (Å²) in [4.78, 5) is 51.0. The third kappa shape index (κ3) is 6.48. The maximum atomic E-state index is 13.7. The molecular formula is C29H29Cl2N5O6. The van der Waals surface area contributed by atoms with Gasteiger partial charge < -0.3 is 24.8 Å². The lowest BCUT2D eigenvalue weighted by Gasteiger charge is -2.34. The van der Waals surface area contributed by atoms with E-state index in [1.165, 1.54) is 20.3 Å². The number of anilines is 1. The molecule has 1 aliphatic rings. The highest BCUT2D eigenvalue weighted by Gasteiger charge is 2.42. The Hall–Kier alpha value is -4.19. The number of hydrogen-bond donors (Lipinski definition) is 3. The van der Waals surface area contributed by atoms with Gasteiger partial charge in [0.15, 0.2) is 0 Å². The molecular weight excluding hydrogens is 585 g/mol. The van der Waals surface area contributed by atoms with E-state index in [1.807, 2.05) is 12.1 Å². The van der Waals surface area contributed by atoms with Crippen molar-refractivity contribution < 1.29 is 23.8 Å². The average Bonchev–Trinajstić information content (AvgIpc) is 2.97. The maximum Gasteiger partial charge on any atom is 0.336 e. The minimum Gasteiger partial charge on any atom is -0.466 e. The minimum absolute atomic E-state index is 0.0175. The number of nitrogens with zero attached hydrogens (tertiary/aromatic N) is 2. The van der Waals surface area contributed by atoms with E-state index in [4.69, 9.17) is 37.4 Å². The molecule has 3 aromatic rings. The second kappa shape index (κ2) is 13.6. The average molecular weight is 614 g/mol. The van der Waals surface area contributed by atoms with E-state index in [1.54, 1.807) is 44.3 Å². The predicted molar refractivity (Wildman–Crippen MR) is 157 cm³/mol. The van der Waals surface area contributed by atoms with Crippen molar-refractivity contribution in [3.05, 3.63) is 109 Å². The maximum absolute atomic E-state index is 13.7. The van der Waals surface area contributed by atoms with Crippen LogP contribution in [0, 0.1) is 0 Å². The summed E-state index contributed by atoms with van der Waals surface area (Å²) in [5.41, 5.74) is 1.53. The quantitative estimate of drug-likeness (QED) is 0.281. The first-order chi connectivity index (χ1) is 20.2. The van der Waals surface area contributed by atoms with Gasteiger partial charge >= 0.3 is 11.9 Å². The zero-order valence-corrected chi connectivity index (χ0v) is 24.8. The lowest BCUT2D eigenvalue weighted by Crippen LogP contribution is -2.36. The molecule has 0 bridgehead atoms. The molecule has 2 unspecified atom stereocenters. The first-order valence-corrected chi connectivity index (χ1v) is 13.6. The Morgan fingerprint density at radius 2 is 1.88 bits per heavy atom. The Bertz CT molecular complexity index is 1610. The summed E-state index contributed by atoms with van der Waals surface area (Å²) in [5.74, 6) is -2.32. The number of esters is 2. The van der Waals surface area contributed by atoms with Gasteiger partial charge in [-0.05, 0) is 37.6 Å². The van der Waals surface area contributed by atoms with Crippen LogP contribution in [0.5, 0.6) is 0 Å². The van der Waals surface area contributed by atoms with Crippen molar-refractivity contribution in [3.63, 3.8) is 0 Å². The molecule has 3 heterocycles. The van der Waals surface area contributed by atoms with E-state index in [0.29, 0.717) is 17.8 Å². The topological polar surface area (TPSA) is 145 Å². The number of methoxy groups -OCH3 is 2. The highest BCUT2D eigenvalue weighted by atomic mass is 35.5. The summed E-state index contributed by atoms with van der Waals surface area (Å²) in [6.07, 6.45) is 0.584. The third-order valence-electron chi connectivity index (χ3n) is 6.48. The van der Waals surface area contributed by atoms with E-state index in [0.717, 1.165) is 5.69 Å². The summed E-state index contributed by atoms with van der Waals surface area (Å²) in [6, 6.07) is 11.6. The molecule has 13 heteroatoms. The molecule has 4 rings (SSSR count). The fourth-order valence-corrected chi connectivity index (χ4v) is 5.11. The fraction of sp³-hybridized carbons (Fsp3) is 0.276. The van der Waals surface area contributed by atoms with Gasteiger partial charge in [-0.2, -0.15) is 0 Å². The van der Waals surface area contributed by atoms with Gasteiger partial charge in [0.2, 0.25) is 5.95 Å². The Balaban J connectivity index is 1.90. The van der Waals surface area contributed by atoms with Crippen LogP contribution in [0.25, 0.3) is 0 Å². The van der Waals surface area contributed by atoms with Crippen molar-refractivity contribution in [2.75, 3.05) is 26.1 Å². The third-order valence-corrected chi connectivity index (χ3v) is 7.31. The number of nitrogens with one attached hydrogen (secondary N) is 3. The van der Waals surface area contributed by atoms with Crippen LogP contribution in [0.3, 0.4) is 0 Å². The van der Waals surface area contributed by atoms with E-state index < -0.39 is 29.5 Å². The SMILES string of the molecule is CCOC(=O)C1=C(C(OC)c2cc(=O)[nH]c(NCc3ccccn3)n2)NC(C)=C(C(=O)OC)C1c1cccc(Cl)c1Cl. The van der Waals surface area contributed by atoms with Crippen LogP contribution in [0.2, 0.25) is 10.0 Å². The van der Waals surface area contributed by atoms with Crippen molar-refractivity contribution >= 4 is 41.1 Å². The zero-order valence-electron chi connectivity index (χ0n) is 23.3. The molecule has 2 aromatic heterocycles. The van der Waals surface area contributed by atoms with E-state index in [2.05, 4.69) is 25.6 Å². The molecule has 0 amide bonds. The highest BCUT2D eigenvalue weighted by molar-refractivity contribution is 6.42. The number of allylic oxidation sites excluding steroid dienone is 1. The number of hydrogen-bond acceptors (Lipinski definition) is 10. The summed E-state index contributed by atoms with van der Waals surface area (Å²) < 4.78 is 16.4.